The SMILES string of the molecule is [2H]c1c([2H])c([2H])c(-c2oc(-c3c4c([2H])c([2H])c([2H])c([2H])c4c(-c4c([2H])c([2H])c([2H])c([2H])c4[2H])c4c([2H])c([2H])c([2H])c([2H])c34)c(-c3c([2H])c([2H])c([2H])c([2H])c3[2H])c2-c2c([2H])c([2H])c(-c3ccc(-c4ccc5ccc6cccnc6c5n4)c4ccccc34)c([2H])c2[2H])c([2H])c1[2H]. The number of aromatic nitrogens is 2. The summed E-state index contributed by atoms with van der Waals surface area (Å²) in [7, 11) is 0. The number of hydrogen-bond donors (Lipinski definition) is 0. The second-order valence-electron chi connectivity index (χ2n) is 15.1. The highest BCUT2D eigenvalue weighted by Gasteiger charge is 2.28. The second kappa shape index (κ2) is 16.0. The van der Waals surface area contributed by atoms with Gasteiger partial charge in [0, 0.05) is 44.8 Å². The van der Waals surface area contributed by atoms with Crippen molar-refractivity contribution < 1.29 is 41.4 Å². The fourth-order valence-electron chi connectivity index (χ4n) is 8.66. The average molecular weight is 880 g/mol. The van der Waals surface area contributed by atoms with Crippen LogP contribution >= 0.6 is 0 Å². The summed E-state index contributed by atoms with van der Waals surface area (Å²) in [5, 5.41) is -0.711. The summed E-state index contributed by atoms with van der Waals surface area (Å²) < 4.78 is 258. The van der Waals surface area contributed by atoms with Crippen LogP contribution in [-0.2, 0) is 0 Å². The van der Waals surface area contributed by atoms with Gasteiger partial charge in [-0.2, -0.15) is 0 Å². The van der Waals surface area contributed by atoms with E-state index in [0.29, 0.717) is 33.1 Å². The zero-order chi connectivity index (χ0) is 67.8. The summed E-state index contributed by atoms with van der Waals surface area (Å²) in [6, 6.07) is -6.08. The minimum absolute atomic E-state index is 0.140. The topological polar surface area (TPSA) is 38.9 Å². The standard InChI is InChI=1S/C64H40N2O/c1-4-17-42(18-5-1)57-52-26-12-14-28-54(52)60(55-29-15-13-27-53(55)57)64-59(43-19-6-2-7-20-43)58(63(67-64)47-21-8-3-9-22-47)44-32-30-41(31-33-44)48-37-38-51(50-25-11-10-24-49(48)50)56-39-36-46-35-34-45-23-16-40-65-61(45)62(46)66-56/h1-40H/i1D,2D,3D,4D,5D,6D,7D,8D,9D,12D,13D,14D,15D,17D,18D,19D,20D,21D,22D,26D,27D,28D,29D,30D,31D,32D,33D. The second-order valence-corrected chi connectivity index (χ2v) is 15.1. The summed E-state index contributed by atoms with van der Waals surface area (Å²) in [5.41, 5.74) is -4.88. The number of hydrogen-bond acceptors (Lipinski definition) is 3. The Labute approximate surface area is 425 Å². The first-order valence-electron chi connectivity index (χ1n) is 34.1. The zero-order valence-corrected chi connectivity index (χ0v) is 34.3. The van der Waals surface area contributed by atoms with Crippen LogP contribution < -0.4 is 0 Å². The van der Waals surface area contributed by atoms with Gasteiger partial charge in [-0.3, -0.25) is 4.98 Å². The normalized spacial score (nSPS) is 17.2. The summed E-state index contributed by atoms with van der Waals surface area (Å²) in [4.78, 5) is 9.63. The van der Waals surface area contributed by atoms with Crippen LogP contribution in [0.25, 0.3) is 133 Å². The molecule has 3 nitrogen and oxygen atoms in total. The highest BCUT2D eigenvalue weighted by Crippen LogP contribution is 2.53. The average Bonchev–Trinajstić information content (AvgIpc) is 1.14. The Morgan fingerprint density at radius 3 is 1.45 bits per heavy atom. The van der Waals surface area contributed by atoms with E-state index in [2.05, 4.69) is 4.98 Å². The quantitative estimate of drug-likeness (QED) is 0.118. The van der Waals surface area contributed by atoms with Crippen molar-refractivity contribution in [1.29, 1.82) is 0 Å². The first kappa shape index (κ1) is 20.1. The number of fused-ring (bicyclic) bond motifs is 6. The Hall–Kier alpha value is -8.92. The van der Waals surface area contributed by atoms with Crippen molar-refractivity contribution >= 4 is 54.1 Å². The smallest absolute Gasteiger partial charge is 0.144 e. The summed E-state index contributed by atoms with van der Waals surface area (Å²) in [5.74, 6) is -2.05. The van der Waals surface area contributed by atoms with Crippen LogP contribution in [0.15, 0.2) is 247 Å². The van der Waals surface area contributed by atoms with Crippen LogP contribution in [0.3, 0.4) is 0 Å². The van der Waals surface area contributed by atoms with E-state index in [4.69, 9.17) is 27.2 Å². The predicted molar refractivity (Wildman–Crippen MR) is 280 cm³/mol. The fraction of sp³-hybridized carbons (Fsp3) is 0. The van der Waals surface area contributed by atoms with Crippen LogP contribution in [0.2, 0.25) is 0 Å². The molecule has 0 aliphatic carbocycles. The van der Waals surface area contributed by atoms with Gasteiger partial charge < -0.3 is 4.42 Å². The van der Waals surface area contributed by atoms with Gasteiger partial charge in [-0.1, -0.05) is 224 Å². The van der Waals surface area contributed by atoms with E-state index in [1.54, 1.807) is 48.7 Å². The molecule has 0 atom stereocenters. The van der Waals surface area contributed by atoms with E-state index >= 15 is 0 Å². The molecule has 13 aromatic rings. The van der Waals surface area contributed by atoms with Crippen molar-refractivity contribution in [1.82, 2.24) is 9.97 Å². The largest absolute Gasteiger partial charge is 0.455 e. The van der Waals surface area contributed by atoms with Gasteiger partial charge in [0.05, 0.1) is 53.7 Å². The van der Waals surface area contributed by atoms with E-state index in [0.717, 1.165) is 10.8 Å². The maximum Gasteiger partial charge on any atom is 0.144 e. The molecule has 0 spiro atoms. The molecule has 0 bridgehead atoms. The Bertz CT molecular complexity index is 5470. The lowest BCUT2D eigenvalue weighted by molar-refractivity contribution is 0.600. The van der Waals surface area contributed by atoms with Gasteiger partial charge in [-0.15, -0.1) is 0 Å². The molecule has 0 radical (unpaired) electrons. The van der Waals surface area contributed by atoms with Gasteiger partial charge >= 0.3 is 0 Å². The number of nitrogens with zero attached hydrogens (tertiary/aromatic N) is 2. The minimum atomic E-state index is -1.11. The molecule has 13 rings (SSSR count). The lowest BCUT2D eigenvalue weighted by Gasteiger charge is -2.17. The fourth-order valence-corrected chi connectivity index (χ4v) is 8.66. The Morgan fingerprint density at radius 2 is 0.806 bits per heavy atom. The number of rotatable bonds is 7. The lowest BCUT2D eigenvalue weighted by Crippen LogP contribution is -1.92. The molecule has 3 aromatic heterocycles. The third-order valence-corrected chi connectivity index (χ3v) is 11.5. The van der Waals surface area contributed by atoms with Gasteiger partial charge in [0.25, 0.3) is 0 Å². The zero-order valence-electron chi connectivity index (χ0n) is 61.3. The Morgan fingerprint density at radius 1 is 0.328 bits per heavy atom. The third kappa shape index (κ3) is 6.43. The molecule has 0 N–H and O–H groups in total. The molecule has 312 valence electrons. The van der Waals surface area contributed by atoms with E-state index in [9.17, 15) is 19.2 Å². The minimum Gasteiger partial charge on any atom is -0.455 e. The molecule has 0 aliphatic rings. The first-order chi connectivity index (χ1) is 44.5. The monoisotopic (exact) mass is 879 g/mol. The number of pyridine rings is 2. The molecule has 0 fully saturated rings. The highest BCUT2D eigenvalue weighted by atomic mass is 16.3. The summed E-state index contributed by atoms with van der Waals surface area (Å²) in [6.45, 7) is 0. The van der Waals surface area contributed by atoms with Gasteiger partial charge in [-0.05, 0) is 77.8 Å². The van der Waals surface area contributed by atoms with Crippen molar-refractivity contribution in [3.8, 4) is 78.4 Å². The molecular weight excluding hydrogens is 813 g/mol. The van der Waals surface area contributed by atoms with Gasteiger partial charge in [0.1, 0.15) is 11.5 Å². The number of furan rings is 1. The van der Waals surface area contributed by atoms with E-state index in [-0.39, 0.29) is 11.1 Å². The van der Waals surface area contributed by atoms with Gasteiger partial charge in [0.2, 0.25) is 0 Å². The molecule has 10 aromatic carbocycles. The molecule has 3 heteroatoms. The van der Waals surface area contributed by atoms with E-state index in [1.165, 1.54) is 0 Å². The van der Waals surface area contributed by atoms with Crippen LogP contribution in [0, 0.1) is 0 Å². The Balaban J connectivity index is 1.24. The first-order valence-corrected chi connectivity index (χ1v) is 20.6. The maximum atomic E-state index is 10.2. The third-order valence-electron chi connectivity index (χ3n) is 11.5. The molecule has 0 saturated carbocycles. The van der Waals surface area contributed by atoms with Crippen molar-refractivity contribution in [3.63, 3.8) is 0 Å². The van der Waals surface area contributed by atoms with Gasteiger partial charge in [-0.25, -0.2) is 4.98 Å². The summed E-state index contributed by atoms with van der Waals surface area (Å²) in [6.07, 6.45) is 1.65. The number of benzene rings is 10. The van der Waals surface area contributed by atoms with Crippen LogP contribution in [0.5, 0.6) is 0 Å². The summed E-state index contributed by atoms with van der Waals surface area (Å²) >= 11 is 0. The van der Waals surface area contributed by atoms with Crippen molar-refractivity contribution in [2.24, 2.45) is 0 Å². The predicted octanol–water partition coefficient (Wildman–Crippen LogP) is 17.5. The molecule has 0 aliphatic heterocycles. The maximum absolute atomic E-state index is 10.2. The van der Waals surface area contributed by atoms with Gasteiger partial charge in [0.15, 0.2) is 0 Å². The van der Waals surface area contributed by atoms with Crippen molar-refractivity contribution in [2.75, 3.05) is 0 Å². The van der Waals surface area contributed by atoms with Crippen molar-refractivity contribution in [2.45, 2.75) is 0 Å². The van der Waals surface area contributed by atoms with Crippen LogP contribution in [0.4, 0.5) is 0 Å². The van der Waals surface area contributed by atoms with Crippen molar-refractivity contribution in [3.05, 3.63) is 242 Å². The van der Waals surface area contributed by atoms with E-state index < -0.39 is 241 Å². The highest BCUT2D eigenvalue weighted by molar-refractivity contribution is 6.23. The molecular formula is C64H40N2O. The molecule has 67 heavy (non-hydrogen) atoms. The molecule has 0 unspecified atom stereocenters. The van der Waals surface area contributed by atoms with Crippen LogP contribution in [0.1, 0.15) is 37.0 Å². The lowest BCUT2D eigenvalue weighted by atomic mass is 9.85. The molecule has 0 saturated heterocycles. The van der Waals surface area contributed by atoms with E-state index in [1.807, 2.05) is 30.3 Å². The molecule has 3 heterocycles. The Kier molecular flexibility index (Phi) is 4.78. The van der Waals surface area contributed by atoms with Crippen LogP contribution in [-0.4, -0.2) is 9.97 Å². The molecule has 0 amide bonds.